The Bertz CT molecular complexity index is 385. The van der Waals surface area contributed by atoms with Gasteiger partial charge in [0.15, 0.2) is 0 Å². The molecule has 2 nitrogen and oxygen atoms in total. The fourth-order valence-corrected chi connectivity index (χ4v) is 1.94. The molecule has 0 aliphatic heterocycles. The minimum absolute atomic E-state index is 0.0585. The van der Waals surface area contributed by atoms with E-state index in [2.05, 4.69) is 0 Å². The van der Waals surface area contributed by atoms with Gasteiger partial charge in [-0.25, -0.2) is 9.18 Å². The lowest BCUT2D eigenvalue weighted by atomic mass is 9.90. The smallest absolute Gasteiger partial charge is 0.335 e. The maximum Gasteiger partial charge on any atom is 0.335 e. The van der Waals surface area contributed by atoms with Crippen LogP contribution in [0, 0.1) is 5.82 Å². The second-order valence-corrected chi connectivity index (χ2v) is 3.61. The number of aryl methyl sites for hydroxylation is 1. The van der Waals surface area contributed by atoms with Crippen LogP contribution in [-0.4, -0.2) is 11.1 Å². The number of aromatic carboxylic acids is 1. The molecule has 0 atom stereocenters. The Balaban J connectivity index is 2.51. The first-order valence-electron chi connectivity index (χ1n) is 4.73. The average Bonchev–Trinajstić information content (AvgIpc) is 2.17. The first-order valence-corrected chi connectivity index (χ1v) is 4.73. The average molecular weight is 194 g/mol. The van der Waals surface area contributed by atoms with Crippen LogP contribution in [0.25, 0.3) is 0 Å². The number of benzene rings is 1. The van der Waals surface area contributed by atoms with Crippen LogP contribution in [0.3, 0.4) is 0 Å². The van der Waals surface area contributed by atoms with E-state index in [-0.39, 0.29) is 11.4 Å². The summed E-state index contributed by atoms with van der Waals surface area (Å²) in [4.78, 5) is 10.7. The normalized spacial score (nSPS) is 14.9. The van der Waals surface area contributed by atoms with Crippen LogP contribution in [0.15, 0.2) is 12.1 Å². The van der Waals surface area contributed by atoms with Crippen molar-refractivity contribution >= 4 is 5.97 Å². The van der Waals surface area contributed by atoms with Gasteiger partial charge in [-0.3, -0.25) is 0 Å². The van der Waals surface area contributed by atoms with Crippen LogP contribution in [-0.2, 0) is 12.8 Å². The van der Waals surface area contributed by atoms with Gasteiger partial charge >= 0.3 is 5.97 Å². The van der Waals surface area contributed by atoms with Gasteiger partial charge in [-0.1, -0.05) is 0 Å². The SMILES string of the molecule is O=C(O)c1cc(F)c2c(c1)CCCC2. The summed E-state index contributed by atoms with van der Waals surface area (Å²) in [7, 11) is 0. The maximum atomic E-state index is 13.4. The van der Waals surface area contributed by atoms with E-state index in [4.69, 9.17) is 5.11 Å². The van der Waals surface area contributed by atoms with E-state index in [9.17, 15) is 9.18 Å². The van der Waals surface area contributed by atoms with Crippen molar-refractivity contribution in [2.24, 2.45) is 0 Å². The highest BCUT2D eigenvalue weighted by Gasteiger charge is 2.16. The van der Waals surface area contributed by atoms with Gasteiger partial charge < -0.3 is 5.11 Å². The fourth-order valence-electron chi connectivity index (χ4n) is 1.94. The molecule has 1 aliphatic carbocycles. The Morgan fingerprint density at radius 2 is 2.00 bits per heavy atom. The van der Waals surface area contributed by atoms with Crippen molar-refractivity contribution in [1.82, 2.24) is 0 Å². The van der Waals surface area contributed by atoms with Gasteiger partial charge in [0.05, 0.1) is 5.56 Å². The number of carboxylic acid groups (broad SMARTS) is 1. The van der Waals surface area contributed by atoms with Crippen LogP contribution in [0.2, 0.25) is 0 Å². The van der Waals surface area contributed by atoms with Crippen molar-refractivity contribution in [3.05, 3.63) is 34.6 Å². The zero-order valence-electron chi connectivity index (χ0n) is 7.72. The van der Waals surface area contributed by atoms with Gasteiger partial charge in [0.2, 0.25) is 0 Å². The number of carbonyl (C=O) groups is 1. The number of halogens is 1. The van der Waals surface area contributed by atoms with Crippen LogP contribution in [0.1, 0.15) is 34.3 Å². The Morgan fingerprint density at radius 1 is 1.29 bits per heavy atom. The van der Waals surface area contributed by atoms with Gasteiger partial charge in [0, 0.05) is 0 Å². The largest absolute Gasteiger partial charge is 0.478 e. The lowest BCUT2D eigenvalue weighted by Crippen LogP contribution is -2.08. The quantitative estimate of drug-likeness (QED) is 0.745. The molecule has 14 heavy (non-hydrogen) atoms. The molecule has 0 spiro atoms. The third kappa shape index (κ3) is 1.50. The van der Waals surface area contributed by atoms with Crippen LogP contribution in [0.5, 0.6) is 0 Å². The highest BCUT2D eigenvalue weighted by molar-refractivity contribution is 5.88. The summed E-state index contributed by atoms with van der Waals surface area (Å²) in [5, 5.41) is 8.74. The second-order valence-electron chi connectivity index (χ2n) is 3.61. The van der Waals surface area contributed by atoms with Crippen molar-refractivity contribution in [2.75, 3.05) is 0 Å². The summed E-state index contributed by atoms with van der Waals surface area (Å²) in [6.45, 7) is 0. The van der Waals surface area contributed by atoms with E-state index in [1.807, 2.05) is 0 Å². The molecule has 0 heterocycles. The molecule has 0 radical (unpaired) electrons. The molecule has 1 aromatic rings. The monoisotopic (exact) mass is 194 g/mol. The highest BCUT2D eigenvalue weighted by atomic mass is 19.1. The summed E-state index contributed by atoms with van der Waals surface area (Å²) in [5.41, 5.74) is 1.64. The summed E-state index contributed by atoms with van der Waals surface area (Å²) in [6.07, 6.45) is 3.56. The van der Waals surface area contributed by atoms with E-state index in [1.54, 1.807) is 6.07 Å². The molecule has 0 saturated carbocycles. The first kappa shape index (κ1) is 9.19. The van der Waals surface area contributed by atoms with Crippen molar-refractivity contribution in [3.8, 4) is 0 Å². The highest BCUT2D eigenvalue weighted by Crippen LogP contribution is 2.25. The van der Waals surface area contributed by atoms with Gasteiger partial charge in [-0.15, -0.1) is 0 Å². The molecule has 0 amide bonds. The van der Waals surface area contributed by atoms with E-state index >= 15 is 0 Å². The van der Waals surface area contributed by atoms with E-state index in [0.29, 0.717) is 5.56 Å². The van der Waals surface area contributed by atoms with Gasteiger partial charge in [0.25, 0.3) is 0 Å². The van der Waals surface area contributed by atoms with Crippen LogP contribution >= 0.6 is 0 Å². The van der Waals surface area contributed by atoms with Crippen molar-refractivity contribution in [3.63, 3.8) is 0 Å². The number of hydrogen-bond donors (Lipinski definition) is 1. The lowest BCUT2D eigenvalue weighted by Gasteiger charge is -2.16. The number of fused-ring (bicyclic) bond motifs is 1. The second kappa shape index (κ2) is 3.40. The Hall–Kier alpha value is -1.38. The molecular formula is C11H11FO2. The zero-order valence-corrected chi connectivity index (χ0v) is 7.72. The standard InChI is InChI=1S/C11H11FO2/c12-10-6-8(11(13)14)5-7-3-1-2-4-9(7)10/h5-6H,1-4H2,(H,13,14). The third-order valence-electron chi connectivity index (χ3n) is 2.66. The van der Waals surface area contributed by atoms with Gasteiger partial charge in [-0.2, -0.15) is 0 Å². The van der Waals surface area contributed by atoms with Gasteiger partial charge in [0.1, 0.15) is 5.82 Å². The number of hydrogen-bond acceptors (Lipinski definition) is 1. The minimum atomic E-state index is -1.06. The summed E-state index contributed by atoms with van der Waals surface area (Å²) < 4.78 is 13.4. The van der Waals surface area contributed by atoms with Crippen molar-refractivity contribution < 1.29 is 14.3 Å². The zero-order chi connectivity index (χ0) is 10.1. The molecular weight excluding hydrogens is 183 g/mol. The molecule has 74 valence electrons. The van der Waals surface area contributed by atoms with E-state index < -0.39 is 5.97 Å². The Kier molecular flexibility index (Phi) is 2.23. The van der Waals surface area contributed by atoms with E-state index in [1.165, 1.54) is 0 Å². The fraction of sp³-hybridized carbons (Fsp3) is 0.364. The molecule has 1 N–H and O–H groups in total. The summed E-state index contributed by atoms with van der Waals surface area (Å²) in [6, 6.07) is 2.71. The molecule has 0 bridgehead atoms. The number of carboxylic acids is 1. The topological polar surface area (TPSA) is 37.3 Å². The molecule has 0 fully saturated rings. The first-order chi connectivity index (χ1) is 6.68. The maximum absolute atomic E-state index is 13.4. The third-order valence-corrected chi connectivity index (χ3v) is 2.66. The lowest BCUT2D eigenvalue weighted by molar-refractivity contribution is 0.0696. The molecule has 2 rings (SSSR count). The molecule has 0 aromatic heterocycles. The Morgan fingerprint density at radius 3 is 2.71 bits per heavy atom. The van der Waals surface area contributed by atoms with Crippen molar-refractivity contribution in [1.29, 1.82) is 0 Å². The number of rotatable bonds is 1. The molecule has 0 unspecified atom stereocenters. The molecule has 3 heteroatoms. The van der Waals surface area contributed by atoms with Crippen molar-refractivity contribution in [2.45, 2.75) is 25.7 Å². The predicted molar refractivity (Wildman–Crippen MR) is 50.0 cm³/mol. The van der Waals surface area contributed by atoms with E-state index in [0.717, 1.165) is 37.3 Å². The van der Waals surface area contributed by atoms with Crippen LogP contribution < -0.4 is 0 Å². The molecule has 1 aromatic carbocycles. The Labute approximate surface area is 81.4 Å². The van der Waals surface area contributed by atoms with Gasteiger partial charge in [-0.05, 0) is 48.9 Å². The summed E-state index contributed by atoms with van der Waals surface area (Å²) >= 11 is 0. The molecule has 1 aliphatic rings. The minimum Gasteiger partial charge on any atom is -0.478 e. The van der Waals surface area contributed by atoms with Crippen LogP contribution in [0.4, 0.5) is 4.39 Å². The molecule has 0 saturated heterocycles. The summed E-state index contributed by atoms with van der Waals surface area (Å²) in [5.74, 6) is -1.42. The predicted octanol–water partition coefficient (Wildman–Crippen LogP) is 2.40.